The molecule has 0 bridgehead atoms. The van der Waals surface area contributed by atoms with Crippen LogP contribution < -0.4 is 10.1 Å². The van der Waals surface area contributed by atoms with Crippen molar-refractivity contribution < 1.29 is 9.47 Å². The molecule has 0 spiro atoms. The van der Waals surface area contributed by atoms with Crippen molar-refractivity contribution in [2.45, 2.75) is 19.6 Å². The van der Waals surface area contributed by atoms with Crippen LogP contribution in [0.25, 0.3) is 0 Å². The molecule has 2 atom stereocenters. The van der Waals surface area contributed by atoms with E-state index in [0.29, 0.717) is 5.92 Å². The highest BCUT2D eigenvalue weighted by Gasteiger charge is 2.31. The van der Waals surface area contributed by atoms with Crippen LogP contribution in [0.3, 0.4) is 0 Å². The molecule has 96 valence electrons. The number of ether oxygens (including phenoxy) is 2. The molecule has 2 rings (SSSR count). The lowest BCUT2D eigenvalue weighted by atomic mass is 10.0. The maximum Gasteiger partial charge on any atom is 0.142 e. The summed E-state index contributed by atoms with van der Waals surface area (Å²) in [5.41, 5.74) is 0.722. The van der Waals surface area contributed by atoms with Gasteiger partial charge >= 0.3 is 0 Å². The number of hydrogen-bond donors (Lipinski definition) is 1. The Morgan fingerprint density at radius 3 is 2.82 bits per heavy atom. The highest BCUT2D eigenvalue weighted by molar-refractivity contribution is 5.85. The summed E-state index contributed by atoms with van der Waals surface area (Å²) >= 11 is 0. The van der Waals surface area contributed by atoms with Crippen molar-refractivity contribution in [1.82, 2.24) is 5.32 Å². The lowest BCUT2D eigenvalue weighted by molar-refractivity contribution is -0.106. The summed E-state index contributed by atoms with van der Waals surface area (Å²) in [5.74, 6) is 1.43. The summed E-state index contributed by atoms with van der Waals surface area (Å²) in [4.78, 5) is 0. The lowest BCUT2D eigenvalue weighted by Gasteiger charge is -2.38. The van der Waals surface area contributed by atoms with Gasteiger partial charge in [0, 0.05) is 12.1 Å². The van der Waals surface area contributed by atoms with Gasteiger partial charge in [0.25, 0.3) is 0 Å². The predicted molar refractivity (Wildman–Crippen MR) is 70.7 cm³/mol. The van der Waals surface area contributed by atoms with Crippen LogP contribution in [0.5, 0.6) is 5.75 Å². The number of rotatable bonds is 2. The van der Waals surface area contributed by atoms with Crippen LogP contribution in [0, 0.1) is 5.92 Å². The van der Waals surface area contributed by atoms with Crippen LogP contribution in [-0.4, -0.2) is 20.3 Å². The van der Waals surface area contributed by atoms with E-state index in [0.717, 1.165) is 24.5 Å². The van der Waals surface area contributed by atoms with Crippen LogP contribution in [-0.2, 0) is 10.5 Å². The quantitative estimate of drug-likeness (QED) is 0.883. The molecule has 0 saturated carbocycles. The molecule has 4 heteroatoms. The first-order chi connectivity index (χ1) is 7.64. The van der Waals surface area contributed by atoms with E-state index >= 15 is 0 Å². The van der Waals surface area contributed by atoms with Crippen LogP contribution in [0.2, 0.25) is 0 Å². The summed E-state index contributed by atoms with van der Waals surface area (Å²) in [6, 6.07) is 8.01. The maximum atomic E-state index is 5.90. The molecular formula is C13H20ClNO2. The van der Waals surface area contributed by atoms with Crippen molar-refractivity contribution >= 4 is 12.4 Å². The summed E-state index contributed by atoms with van der Waals surface area (Å²) in [7, 11) is 1.68. The van der Waals surface area contributed by atoms with Crippen molar-refractivity contribution in [3.63, 3.8) is 0 Å². The second-order valence-electron chi connectivity index (χ2n) is 4.56. The van der Waals surface area contributed by atoms with Gasteiger partial charge in [-0.25, -0.2) is 0 Å². The second-order valence-corrected chi connectivity index (χ2v) is 4.56. The highest BCUT2D eigenvalue weighted by atomic mass is 35.5. The lowest BCUT2D eigenvalue weighted by Crippen LogP contribution is -2.49. The van der Waals surface area contributed by atoms with E-state index in [2.05, 4.69) is 25.2 Å². The van der Waals surface area contributed by atoms with Crippen LogP contribution in [0.4, 0.5) is 0 Å². The third kappa shape index (κ3) is 3.12. The predicted octanol–water partition coefficient (Wildman–Crippen LogP) is 2.55. The van der Waals surface area contributed by atoms with Gasteiger partial charge in [0.2, 0.25) is 0 Å². The molecular weight excluding hydrogens is 238 g/mol. The van der Waals surface area contributed by atoms with Gasteiger partial charge in [-0.1, -0.05) is 19.1 Å². The van der Waals surface area contributed by atoms with E-state index in [1.807, 2.05) is 18.2 Å². The van der Waals surface area contributed by atoms with Crippen molar-refractivity contribution in [3.05, 3.63) is 29.8 Å². The zero-order valence-electron chi connectivity index (χ0n) is 10.5. The third-order valence-electron chi connectivity index (χ3n) is 3.06. The highest BCUT2D eigenvalue weighted by Crippen LogP contribution is 2.28. The van der Waals surface area contributed by atoms with Gasteiger partial charge in [-0.2, -0.15) is 0 Å². The molecule has 0 aromatic heterocycles. The molecule has 1 saturated heterocycles. The average Bonchev–Trinajstić information content (AvgIpc) is 2.33. The van der Waals surface area contributed by atoms with Crippen molar-refractivity contribution in [2.24, 2.45) is 5.92 Å². The van der Waals surface area contributed by atoms with E-state index in [1.165, 1.54) is 0 Å². The monoisotopic (exact) mass is 257 g/mol. The first-order valence-electron chi connectivity index (χ1n) is 5.67. The SMILES string of the molecule is COc1cccc(C2(C)NCC(C)CO2)c1.Cl. The Kier molecular flexibility index (Phi) is 4.80. The topological polar surface area (TPSA) is 30.5 Å². The Balaban J connectivity index is 0.00000144. The molecule has 3 nitrogen and oxygen atoms in total. The second kappa shape index (κ2) is 5.71. The minimum absolute atomic E-state index is 0. The number of nitrogens with one attached hydrogen (secondary N) is 1. The minimum atomic E-state index is -0.388. The van der Waals surface area contributed by atoms with Crippen LogP contribution in [0.1, 0.15) is 19.4 Å². The first-order valence-corrected chi connectivity index (χ1v) is 5.67. The Morgan fingerprint density at radius 1 is 1.47 bits per heavy atom. The van der Waals surface area contributed by atoms with Crippen molar-refractivity contribution in [1.29, 1.82) is 0 Å². The average molecular weight is 258 g/mol. The van der Waals surface area contributed by atoms with Gasteiger partial charge in [-0.15, -0.1) is 12.4 Å². The number of methoxy groups -OCH3 is 1. The molecule has 1 aromatic carbocycles. The molecule has 1 heterocycles. The van der Waals surface area contributed by atoms with E-state index in [1.54, 1.807) is 7.11 Å². The third-order valence-corrected chi connectivity index (χ3v) is 3.06. The van der Waals surface area contributed by atoms with Gasteiger partial charge < -0.3 is 9.47 Å². The van der Waals surface area contributed by atoms with Crippen LogP contribution >= 0.6 is 12.4 Å². The molecule has 0 radical (unpaired) electrons. The van der Waals surface area contributed by atoms with Crippen molar-refractivity contribution in [3.8, 4) is 5.75 Å². The summed E-state index contributed by atoms with van der Waals surface area (Å²) < 4.78 is 11.1. The largest absolute Gasteiger partial charge is 0.497 e. The normalized spacial score (nSPS) is 28.3. The molecule has 0 aliphatic carbocycles. The standard InChI is InChI=1S/C13H19NO2.ClH/c1-10-8-14-13(2,16-9-10)11-5-4-6-12(7-11)15-3;/h4-7,10,14H,8-9H2,1-3H3;1H. The molecule has 2 unspecified atom stereocenters. The molecule has 1 N–H and O–H groups in total. The zero-order chi connectivity index (χ0) is 11.6. The summed E-state index contributed by atoms with van der Waals surface area (Å²) in [5, 5.41) is 3.44. The number of halogens is 1. The molecule has 17 heavy (non-hydrogen) atoms. The number of benzene rings is 1. The Morgan fingerprint density at radius 2 is 2.24 bits per heavy atom. The van der Waals surface area contributed by atoms with E-state index in [9.17, 15) is 0 Å². The molecule has 0 amide bonds. The molecule has 1 aliphatic rings. The Hall–Kier alpha value is -0.770. The Labute approximate surface area is 109 Å². The van der Waals surface area contributed by atoms with E-state index in [4.69, 9.17) is 9.47 Å². The van der Waals surface area contributed by atoms with Crippen molar-refractivity contribution in [2.75, 3.05) is 20.3 Å². The fourth-order valence-electron chi connectivity index (χ4n) is 1.89. The first kappa shape index (κ1) is 14.3. The Bertz CT molecular complexity index is 362. The zero-order valence-corrected chi connectivity index (χ0v) is 11.3. The smallest absolute Gasteiger partial charge is 0.142 e. The summed E-state index contributed by atoms with van der Waals surface area (Å²) in [6.45, 7) is 6.01. The van der Waals surface area contributed by atoms with E-state index in [-0.39, 0.29) is 18.1 Å². The maximum absolute atomic E-state index is 5.90. The minimum Gasteiger partial charge on any atom is -0.497 e. The molecule has 1 aliphatic heterocycles. The fraction of sp³-hybridized carbons (Fsp3) is 0.538. The molecule has 1 fully saturated rings. The van der Waals surface area contributed by atoms with E-state index < -0.39 is 0 Å². The fourth-order valence-corrected chi connectivity index (χ4v) is 1.89. The molecule has 1 aromatic rings. The van der Waals surface area contributed by atoms with Crippen LogP contribution in [0.15, 0.2) is 24.3 Å². The van der Waals surface area contributed by atoms with Gasteiger partial charge in [-0.3, -0.25) is 5.32 Å². The summed E-state index contributed by atoms with van der Waals surface area (Å²) in [6.07, 6.45) is 0. The van der Waals surface area contributed by atoms with Gasteiger partial charge in [0.1, 0.15) is 11.5 Å². The van der Waals surface area contributed by atoms with Gasteiger partial charge in [-0.05, 0) is 25.0 Å². The van der Waals surface area contributed by atoms with Gasteiger partial charge in [0.05, 0.1) is 13.7 Å². The van der Waals surface area contributed by atoms with Gasteiger partial charge in [0.15, 0.2) is 0 Å². The number of hydrogen-bond acceptors (Lipinski definition) is 3.